The number of esters is 1. The van der Waals surface area contributed by atoms with E-state index in [0.717, 1.165) is 0 Å². The summed E-state index contributed by atoms with van der Waals surface area (Å²) >= 11 is 0. The van der Waals surface area contributed by atoms with Crippen molar-refractivity contribution in [3.63, 3.8) is 0 Å². The molecule has 0 unspecified atom stereocenters. The molecule has 9 heteroatoms. The Labute approximate surface area is 147 Å². The highest BCUT2D eigenvalue weighted by molar-refractivity contribution is 5.96. The summed E-state index contributed by atoms with van der Waals surface area (Å²) < 4.78 is 11.1. The van der Waals surface area contributed by atoms with Gasteiger partial charge in [-0.05, 0) is 24.3 Å². The number of nitrogens with one attached hydrogen (secondary N) is 2. The Bertz CT molecular complexity index is 974. The number of anilines is 1. The molecule has 2 aliphatic heterocycles. The second-order valence-corrected chi connectivity index (χ2v) is 5.41. The third kappa shape index (κ3) is 3.33. The molecular weight excluding hydrogens is 340 g/mol. The molecule has 1 aromatic carbocycles. The van der Waals surface area contributed by atoms with Crippen LogP contribution in [0.2, 0.25) is 0 Å². The fourth-order valence-corrected chi connectivity index (χ4v) is 2.49. The van der Waals surface area contributed by atoms with Crippen LogP contribution in [0.1, 0.15) is 10.4 Å². The molecule has 0 saturated heterocycles. The second-order valence-electron chi connectivity index (χ2n) is 5.41. The summed E-state index contributed by atoms with van der Waals surface area (Å²) in [5.74, 6) is -0.865. The molecule has 0 fully saturated rings. The number of ether oxygens (including phenoxy) is 2. The number of carbonyl (C=O) groups excluding carboxylic acids is 2. The summed E-state index contributed by atoms with van der Waals surface area (Å²) in [4.78, 5) is 35.5. The molecule has 0 bridgehead atoms. The maximum absolute atomic E-state index is 12.0. The van der Waals surface area contributed by atoms with Crippen LogP contribution in [-0.2, 0) is 14.3 Å². The van der Waals surface area contributed by atoms with Crippen LogP contribution in [0.15, 0.2) is 41.5 Å². The zero-order valence-corrected chi connectivity index (χ0v) is 14.1. The Morgan fingerprint density at radius 1 is 1.19 bits per heavy atom. The Morgan fingerprint density at radius 2 is 1.92 bits per heavy atom. The highest BCUT2D eigenvalue weighted by Crippen LogP contribution is 2.23. The number of hydrogen-bond acceptors (Lipinski definition) is 6. The number of aromatic amines is 1. The van der Waals surface area contributed by atoms with Gasteiger partial charge in [-0.3, -0.25) is 9.59 Å². The van der Waals surface area contributed by atoms with Gasteiger partial charge in [0.15, 0.2) is 0 Å². The van der Waals surface area contributed by atoms with Crippen molar-refractivity contribution in [3.05, 3.63) is 52.6 Å². The van der Waals surface area contributed by atoms with Crippen molar-refractivity contribution in [2.45, 2.75) is 0 Å². The number of fused-ring (bicyclic) bond motifs is 1. The van der Waals surface area contributed by atoms with E-state index in [4.69, 9.17) is 9.47 Å². The number of H-pyrrole nitrogens is 1. The normalized spacial score (nSPS) is 10.7. The number of aromatic nitrogens is 3. The standard InChI is InChI=1S/C17H16N4O5/c1-25-9-14(22)18-10-3-5-11(6-4-10)21-7-12-15(19-20-16(12)23)13(8-21)17(24)26-2/h3-8H,9H2,1-2H3,(H,18,22)(H,20,23). The number of benzene rings is 1. The lowest BCUT2D eigenvalue weighted by atomic mass is 10.1. The van der Waals surface area contributed by atoms with Gasteiger partial charge in [-0.1, -0.05) is 0 Å². The van der Waals surface area contributed by atoms with Crippen LogP contribution in [0, 0.1) is 0 Å². The highest BCUT2D eigenvalue weighted by atomic mass is 16.5. The summed E-state index contributed by atoms with van der Waals surface area (Å²) in [7, 11) is 2.70. The first-order chi connectivity index (χ1) is 12.5. The molecule has 2 N–H and O–H groups in total. The van der Waals surface area contributed by atoms with Gasteiger partial charge in [-0.15, -0.1) is 0 Å². The number of pyridine rings is 1. The topological polar surface area (TPSA) is 115 Å². The molecule has 0 atom stereocenters. The minimum absolute atomic E-state index is 0.0393. The van der Waals surface area contributed by atoms with E-state index in [-0.39, 0.29) is 29.3 Å². The van der Waals surface area contributed by atoms with Crippen LogP contribution in [-0.4, -0.2) is 47.5 Å². The SMILES string of the molecule is COCC(=O)Nc1ccc(-n2cc(C(=O)OC)c3n[nH]c(=O)c-3c2)cc1. The third-order valence-electron chi connectivity index (χ3n) is 3.69. The van der Waals surface area contributed by atoms with E-state index < -0.39 is 11.5 Å². The van der Waals surface area contributed by atoms with E-state index in [1.807, 2.05) is 0 Å². The Hall–Kier alpha value is -3.46. The monoisotopic (exact) mass is 356 g/mol. The first-order valence-electron chi connectivity index (χ1n) is 7.61. The van der Waals surface area contributed by atoms with Crippen molar-refractivity contribution in [1.29, 1.82) is 0 Å². The number of methoxy groups -OCH3 is 2. The summed E-state index contributed by atoms with van der Waals surface area (Å²) in [5, 5.41) is 8.89. The van der Waals surface area contributed by atoms with Gasteiger partial charge in [-0.25, -0.2) is 9.89 Å². The van der Waals surface area contributed by atoms with Gasteiger partial charge in [0.25, 0.3) is 5.56 Å². The average Bonchev–Trinajstić information content (AvgIpc) is 3.02. The summed E-state index contributed by atoms with van der Waals surface area (Å²) in [6, 6.07) is 6.87. The van der Waals surface area contributed by atoms with Gasteiger partial charge < -0.3 is 19.4 Å². The van der Waals surface area contributed by atoms with Gasteiger partial charge in [0.05, 0.1) is 12.7 Å². The first kappa shape index (κ1) is 17.4. The maximum Gasteiger partial charge on any atom is 0.341 e. The van der Waals surface area contributed by atoms with E-state index >= 15 is 0 Å². The van der Waals surface area contributed by atoms with Gasteiger partial charge in [0.1, 0.15) is 17.9 Å². The largest absolute Gasteiger partial charge is 0.465 e. The minimum atomic E-state index is -0.598. The number of carbonyl (C=O) groups is 2. The Kier molecular flexibility index (Phi) is 4.81. The van der Waals surface area contributed by atoms with Crippen molar-refractivity contribution in [1.82, 2.24) is 14.8 Å². The van der Waals surface area contributed by atoms with Gasteiger partial charge in [0, 0.05) is 30.9 Å². The fourth-order valence-electron chi connectivity index (χ4n) is 2.49. The van der Waals surface area contributed by atoms with E-state index in [2.05, 4.69) is 15.5 Å². The molecule has 2 aliphatic rings. The summed E-state index contributed by atoms with van der Waals surface area (Å²) in [5.41, 5.74) is 1.57. The van der Waals surface area contributed by atoms with E-state index in [1.165, 1.54) is 20.4 Å². The van der Waals surface area contributed by atoms with E-state index in [0.29, 0.717) is 11.4 Å². The summed E-state index contributed by atoms with van der Waals surface area (Å²) in [6.07, 6.45) is 3.11. The maximum atomic E-state index is 12.0. The predicted octanol–water partition coefficient (Wildman–Crippen LogP) is 1.04. The van der Waals surface area contributed by atoms with Crippen LogP contribution in [0.5, 0.6) is 0 Å². The molecular formula is C17H16N4O5. The molecule has 9 nitrogen and oxygen atoms in total. The lowest BCUT2D eigenvalue weighted by Crippen LogP contribution is -2.17. The van der Waals surface area contributed by atoms with Gasteiger partial charge in [0.2, 0.25) is 5.91 Å². The Balaban J connectivity index is 1.98. The molecule has 26 heavy (non-hydrogen) atoms. The molecule has 0 spiro atoms. The average molecular weight is 356 g/mol. The first-order valence-corrected chi connectivity index (χ1v) is 7.61. The number of nitrogens with zero attached hydrogens (tertiary/aromatic N) is 2. The predicted molar refractivity (Wildman–Crippen MR) is 92.7 cm³/mol. The van der Waals surface area contributed by atoms with Crippen LogP contribution >= 0.6 is 0 Å². The second kappa shape index (κ2) is 7.19. The lowest BCUT2D eigenvalue weighted by Gasteiger charge is -2.12. The van der Waals surface area contributed by atoms with E-state index in [9.17, 15) is 14.4 Å². The highest BCUT2D eigenvalue weighted by Gasteiger charge is 2.22. The molecule has 2 heterocycles. The van der Waals surface area contributed by atoms with E-state index in [1.54, 1.807) is 35.0 Å². The molecule has 0 radical (unpaired) electrons. The number of amides is 1. The van der Waals surface area contributed by atoms with Crippen molar-refractivity contribution in [3.8, 4) is 16.9 Å². The molecule has 1 amide bonds. The van der Waals surface area contributed by atoms with Crippen LogP contribution in [0.4, 0.5) is 5.69 Å². The van der Waals surface area contributed by atoms with Crippen molar-refractivity contribution in [2.24, 2.45) is 0 Å². The van der Waals surface area contributed by atoms with Crippen molar-refractivity contribution >= 4 is 17.6 Å². The van der Waals surface area contributed by atoms with Crippen LogP contribution in [0.3, 0.4) is 0 Å². The zero-order chi connectivity index (χ0) is 18.7. The zero-order valence-electron chi connectivity index (χ0n) is 14.1. The quantitative estimate of drug-likeness (QED) is 0.660. The molecule has 0 saturated carbocycles. The number of rotatable bonds is 5. The molecule has 134 valence electrons. The van der Waals surface area contributed by atoms with Gasteiger partial charge in [-0.2, -0.15) is 5.10 Å². The van der Waals surface area contributed by atoms with Crippen molar-refractivity contribution in [2.75, 3.05) is 26.1 Å². The molecule has 3 rings (SSSR count). The summed E-state index contributed by atoms with van der Waals surface area (Å²) in [6.45, 7) is -0.0393. The van der Waals surface area contributed by atoms with Crippen LogP contribution < -0.4 is 10.9 Å². The van der Waals surface area contributed by atoms with Crippen LogP contribution in [0.25, 0.3) is 16.9 Å². The lowest BCUT2D eigenvalue weighted by molar-refractivity contribution is -0.119. The minimum Gasteiger partial charge on any atom is -0.465 e. The van der Waals surface area contributed by atoms with Crippen molar-refractivity contribution < 1.29 is 19.1 Å². The number of hydrogen-bond donors (Lipinski definition) is 2. The molecule has 0 aliphatic carbocycles. The molecule has 1 aromatic rings. The van der Waals surface area contributed by atoms with Gasteiger partial charge >= 0.3 is 5.97 Å². The molecule has 0 aromatic heterocycles. The Morgan fingerprint density at radius 3 is 2.58 bits per heavy atom. The fraction of sp³-hybridized carbons (Fsp3) is 0.176. The third-order valence-corrected chi connectivity index (χ3v) is 3.69. The smallest absolute Gasteiger partial charge is 0.341 e.